The molecule has 1 aliphatic rings. The second kappa shape index (κ2) is 3.47. The van der Waals surface area contributed by atoms with Crippen LogP contribution in [0.5, 0.6) is 0 Å². The van der Waals surface area contributed by atoms with Crippen LogP contribution in [0.1, 0.15) is 0 Å². The topological polar surface area (TPSA) is 82.3 Å². The van der Waals surface area contributed by atoms with Gasteiger partial charge in [0.15, 0.2) is 0 Å². The summed E-state index contributed by atoms with van der Waals surface area (Å²) in [6.45, 7) is 0. The number of nitrogens with two attached hydrogens (primary N) is 2. The van der Waals surface area contributed by atoms with Gasteiger partial charge in [0, 0.05) is 6.20 Å². The standard InChI is InChI=1S/C8H13N5/c1-12(2)8-3-6(4-9)7(10)5-13(8)11/h3,5,8H,10-11H2,1-2H3. The van der Waals surface area contributed by atoms with Crippen LogP contribution in [0.3, 0.4) is 0 Å². The second-order valence-corrected chi connectivity index (χ2v) is 3.10. The van der Waals surface area contributed by atoms with Gasteiger partial charge in [-0.15, -0.1) is 0 Å². The van der Waals surface area contributed by atoms with Gasteiger partial charge in [-0.05, 0) is 20.2 Å². The third kappa shape index (κ3) is 1.80. The van der Waals surface area contributed by atoms with Crippen molar-refractivity contribution in [2.45, 2.75) is 6.17 Å². The monoisotopic (exact) mass is 179 g/mol. The minimum atomic E-state index is -0.109. The highest BCUT2D eigenvalue weighted by Crippen LogP contribution is 2.14. The van der Waals surface area contributed by atoms with Crippen LogP contribution in [0.2, 0.25) is 0 Å². The number of allylic oxidation sites excluding steroid dienone is 1. The van der Waals surface area contributed by atoms with Crippen molar-refractivity contribution in [3.8, 4) is 6.07 Å². The number of nitrogens with zero attached hydrogens (tertiary/aromatic N) is 3. The molecule has 0 radical (unpaired) electrons. The number of hydrogen-bond acceptors (Lipinski definition) is 5. The van der Waals surface area contributed by atoms with E-state index in [4.69, 9.17) is 16.8 Å². The molecule has 0 fully saturated rings. The first-order valence-electron chi connectivity index (χ1n) is 3.85. The summed E-state index contributed by atoms with van der Waals surface area (Å²) < 4.78 is 0. The van der Waals surface area contributed by atoms with Crippen LogP contribution in [0, 0.1) is 11.3 Å². The number of hydrazine groups is 1. The van der Waals surface area contributed by atoms with E-state index in [1.807, 2.05) is 25.1 Å². The van der Waals surface area contributed by atoms with Crippen LogP contribution in [0.25, 0.3) is 0 Å². The summed E-state index contributed by atoms with van der Waals surface area (Å²) in [5.41, 5.74) is 6.45. The van der Waals surface area contributed by atoms with E-state index in [1.165, 1.54) is 5.01 Å². The Morgan fingerprint density at radius 3 is 2.69 bits per heavy atom. The lowest BCUT2D eigenvalue weighted by Gasteiger charge is -2.32. The van der Waals surface area contributed by atoms with Gasteiger partial charge in [-0.25, -0.2) is 5.84 Å². The van der Waals surface area contributed by atoms with Gasteiger partial charge in [0.25, 0.3) is 0 Å². The summed E-state index contributed by atoms with van der Waals surface area (Å²) in [4.78, 5) is 1.89. The fourth-order valence-electron chi connectivity index (χ4n) is 1.16. The van der Waals surface area contributed by atoms with Crippen LogP contribution in [0.4, 0.5) is 0 Å². The number of likely N-dealkylation sites (N-methyl/N-ethyl adjacent to an activating group) is 1. The highest BCUT2D eigenvalue weighted by Gasteiger charge is 2.19. The van der Waals surface area contributed by atoms with Gasteiger partial charge in [0.2, 0.25) is 0 Å². The molecule has 0 aromatic heterocycles. The molecule has 1 rings (SSSR count). The van der Waals surface area contributed by atoms with Gasteiger partial charge in [0.05, 0.1) is 11.3 Å². The molecule has 1 heterocycles. The van der Waals surface area contributed by atoms with Gasteiger partial charge < -0.3 is 5.73 Å². The Morgan fingerprint density at radius 1 is 1.62 bits per heavy atom. The Kier molecular flexibility index (Phi) is 2.56. The molecular formula is C8H13N5. The molecule has 13 heavy (non-hydrogen) atoms. The molecule has 5 heteroatoms. The fraction of sp³-hybridized carbons (Fsp3) is 0.375. The van der Waals surface area contributed by atoms with Crippen molar-refractivity contribution < 1.29 is 0 Å². The lowest BCUT2D eigenvalue weighted by Crippen LogP contribution is -2.47. The van der Waals surface area contributed by atoms with Crippen LogP contribution in [-0.4, -0.2) is 30.2 Å². The van der Waals surface area contributed by atoms with Crippen molar-refractivity contribution in [2.75, 3.05) is 14.1 Å². The maximum Gasteiger partial charge on any atom is 0.116 e. The van der Waals surface area contributed by atoms with E-state index in [9.17, 15) is 0 Å². The van der Waals surface area contributed by atoms with Crippen LogP contribution in [0.15, 0.2) is 23.5 Å². The van der Waals surface area contributed by atoms with Crippen molar-refractivity contribution in [3.05, 3.63) is 23.5 Å². The molecule has 4 N–H and O–H groups in total. The Balaban J connectivity index is 2.95. The molecule has 0 bridgehead atoms. The van der Waals surface area contributed by atoms with Gasteiger partial charge in [-0.1, -0.05) is 0 Å². The normalized spacial score (nSPS) is 22.4. The Bertz CT molecular complexity index is 296. The van der Waals surface area contributed by atoms with E-state index in [0.717, 1.165) is 0 Å². The summed E-state index contributed by atoms with van der Waals surface area (Å²) in [6, 6.07) is 2.02. The maximum absolute atomic E-state index is 8.73. The molecule has 0 aliphatic carbocycles. The third-order valence-electron chi connectivity index (χ3n) is 1.87. The largest absolute Gasteiger partial charge is 0.396 e. The summed E-state index contributed by atoms with van der Waals surface area (Å²) >= 11 is 0. The average Bonchev–Trinajstić information content (AvgIpc) is 2.03. The first-order valence-corrected chi connectivity index (χ1v) is 3.85. The second-order valence-electron chi connectivity index (χ2n) is 3.10. The Labute approximate surface area is 77.5 Å². The van der Waals surface area contributed by atoms with E-state index in [1.54, 1.807) is 12.3 Å². The molecule has 0 aromatic rings. The summed E-state index contributed by atoms with van der Waals surface area (Å²) in [5, 5.41) is 10.2. The molecule has 0 spiro atoms. The molecule has 1 aliphatic heterocycles. The fourth-order valence-corrected chi connectivity index (χ4v) is 1.16. The first kappa shape index (κ1) is 9.58. The van der Waals surface area contributed by atoms with E-state index < -0.39 is 0 Å². The van der Waals surface area contributed by atoms with E-state index in [2.05, 4.69) is 0 Å². The number of nitriles is 1. The van der Waals surface area contributed by atoms with E-state index in [-0.39, 0.29) is 6.17 Å². The maximum atomic E-state index is 8.73. The molecule has 0 saturated carbocycles. The van der Waals surface area contributed by atoms with Crippen LogP contribution in [-0.2, 0) is 0 Å². The van der Waals surface area contributed by atoms with Crippen molar-refractivity contribution in [3.63, 3.8) is 0 Å². The lowest BCUT2D eigenvalue weighted by atomic mass is 10.1. The van der Waals surface area contributed by atoms with Crippen LogP contribution < -0.4 is 11.6 Å². The Morgan fingerprint density at radius 2 is 2.23 bits per heavy atom. The highest BCUT2D eigenvalue weighted by molar-refractivity contribution is 5.42. The number of rotatable bonds is 1. The SMILES string of the molecule is CN(C)C1C=C(C#N)C(N)=CN1N. The molecule has 5 nitrogen and oxygen atoms in total. The minimum Gasteiger partial charge on any atom is -0.396 e. The van der Waals surface area contributed by atoms with Crippen molar-refractivity contribution in [2.24, 2.45) is 11.6 Å². The van der Waals surface area contributed by atoms with Gasteiger partial charge in [-0.2, -0.15) is 5.26 Å². The molecule has 0 amide bonds. The van der Waals surface area contributed by atoms with Crippen LogP contribution >= 0.6 is 0 Å². The van der Waals surface area contributed by atoms with Crippen molar-refractivity contribution >= 4 is 0 Å². The average molecular weight is 179 g/mol. The first-order chi connectivity index (χ1) is 6.06. The van der Waals surface area contributed by atoms with Gasteiger partial charge >= 0.3 is 0 Å². The van der Waals surface area contributed by atoms with Gasteiger partial charge in [-0.3, -0.25) is 9.91 Å². The van der Waals surface area contributed by atoms with E-state index >= 15 is 0 Å². The molecular weight excluding hydrogens is 166 g/mol. The molecule has 1 atom stereocenters. The highest BCUT2D eigenvalue weighted by atomic mass is 15.5. The third-order valence-corrected chi connectivity index (χ3v) is 1.87. The zero-order valence-corrected chi connectivity index (χ0v) is 7.73. The van der Waals surface area contributed by atoms with Crippen molar-refractivity contribution in [1.82, 2.24) is 9.91 Å². The summed E-state index contributed by atoms with van der Waals surface area (Å²) in [6.07, 6.45) is 3.18. The smallest absolute Gasteiger partial charge is 0.116 e. The molecule has 1 unspecified atom stereocenters. The summed E-state index contributed by atoms with van der Waals surface area (Å²) in [5.74, 6) is 5.67. The van der Waals surface area contributed by atoms with Crippen molar-refractivity contribution in [1.29, 1.82) is 5.26 Å². The zero-order valence-electron chi connectivity index (χ0n) is 7.73. The zero-order chi connectivity index (χ0) is 10.0. The predicted octanol–water partition coefficient (Wildman–Crippen LogP) is -0.687. The molecule has 70 valence electrons. The molecule has 0 aromatic carbocycles. The van der Waals surface area contributed by atoms with E-state index in [0.29, 0.717) is 11.3 Å². The minimum absolute atomic E-state index is 0.109. The summed E-state index contributed by atoms with van der Waals surface area (Å²) in [7, 11) is 3.76. The Hall–Kier alpha value is -1.51. The predicted molar refractivity (Wildman–Crippen MR) is 49.5 cm³/mol. The lowest BCUT2D eigenvalue weighted by molar-refractivity contribution is 0.164. The van der Waals surface area contributed by atoms with Gasteiger partial charge in [0.1, 0.15) is 12.2 Å². The quantitative estimate of drug-likeness (QED) is 0.521. The molecule has 0 saturated heterocycles. The number of hydrogen-bond donors (Lipinski definition) is 2.